The van der Waals surface area contributed by atoms with Gasteiger partial charge in [-0.05, 0) is 61.7 Å². The zero-order valence-electron chi connectivity index (χ0n) is 14.7. The van der Waals surface area contributed by atoms with Crippen LogP contribution in [0, 0.1) is 5.92 Å². The van der Waals surface area contributed by atoms with Gasteiger partial charge in [0.2, 0.25) is 0 Å². The second kappa shape index (κ2) is 7.03. The van der Waals surface area contributed by atoms with Crippen molar-refractivity contribution in [3.05, 3.63) is 36.4 Å². The molecule has 0 heterocycles. The maximum atomic E-state index is 11.9. The van der Waals surface area contributed by atoms with E-state index < -0.39 is 0 Å². The molecule has 0 saturated heterocycles. The summed E-state index contributed by atoms with van der Waals surface area (Å²) in [7, 11) is 0. The van der Waals surface area contributed by atoms with Gasteiger partial charge >= 0.3 is 5.97 Å². The number of benzene rings is 2. The maximum Gasteiger partial charge on any atom is 0.314 e. The third kappa shape index (κ3) is 4.47. The molecule has 1 unspecified atom stereocenters. The highest BCUT2D eigenvalue weighted by molar-refractivity contribution is 5.86. The van der Waals surface area contributed by atoms with Gasteiger partial charge in [-0.1, -0.05) is 32.9 Å². The largest absolute Gasteiger partial charge is 0.488 e. The van der Waals surface area contributed by atoms with Gasteiger partial charge in [-0.3, -0.25) is 4.79 Å². The Morgan fingerprint density at radius 2 is 1.65 bits per heavy atom. The summed E-state index contributed by atoms with van der Waals surface area (Å²) in [6.45, 7) is 10.1. The Morgan fingerprint density at radius 3 is 2.26 bits per heavy atom. The van der Waals surface area contributed by atoms with Crippen LogP contribution in [0.4, 0.5) is 0 Å². The van der Waals surface area contributed by atoms with Gasteiger partial charge in [0.15, 0.2) is 0 Å². The summed E-state index contributed by atoms with van der Waals surface area (Å²) in [5.41, 5.74) is -0.200. The standard InChI is InChI=1S/C20H26O3/c1-6-14(3)19(21)22-17-10-8-15-9-11-18(13-16(15)12-17)23-20(4,5)7-2/h8-14H,6-7H2,1-5H3. The van der Waals surface area contributed by atoms with Crippen molar-refractivity contribution in [1.82, 2.24) is 0 Å². The molecular weight excluding hydrogens is 288 g/mol. The van der Waals surface area contributed by atoms with E-state index in [9.17, 15) is 4.79 Å². The maximum absolute atomic E-state index is 11.9. The lowest BCUT2D eigenvalue weighted by molar-refractivity contribution is -0.138. The minimum Gasteiger partial charge on any atom is -0.488 e. The van der Waals surface area contributed by atoms with Crippen molar-refractivity contribution >= 4 is 16.7 Å². The number of hydrogen-bond donors (Lipinski definition) is 0. The lowest BCUT2D eigenvalue weighted by Gasteiger charge is -2.25. The normalized spacial score (nSPS) is 12.9. The van der Waals surface area contributed by atoms with E-state index in [0.717, 1.165) is 29.4 Å². The molecule has 2 rings (SSSR count). The zero-order chi connectivity index (χ0) is 17.0. The van der Waals surface area contributed by atoms with E-state index in [1.807, 2.05) is 50.2 Å². The average Bonchev–Trinajstić information content (AvgIpc) is 2.53. The summed E-state index contributed by atoms with van der Waals surface area (Å²) in [5, 5.41) is 2.10. The van der Waals surface area contributed by atoms with Crippen LogP contribution in [0.25, 0.3) is 10.8 Å². The lowest BCUT2D eigenvalue weighted by Crippen LogP contribution is -2.26. The average molecular weight is 314 g/mol. The first-order chi connectivity index (χ1) is 10.8. The van der Waals surface area contributed by atoms with Gasteiger partial charge in [0.05, 0.1) is 5.92 Å². The highest BCUT2D eigenvalue weighted by atomic mass is 16.5. The number of hydrogen-bond acceptors (Lipinski definition) is 3. The second-order valence-electron chi connectivity index (χ2n) is 6.62. The molecule has 2 aromatic rings. The molecule has 0 radical (unpaired) electrons. The van der Waals surface area contributed by atoms with E-state index in [1.165, 1.54) is 0 Å². The summed E-state index contributed by atoms with van der Waals surface area (Å²) in [6.07, 6.45) is 1.70. The Labute approximate surface area is 138 Å². The molecule has 23 heavy (non-hydrogen) atoms. The molecule has 0 aliphatic carbocycles. The molecule has 0 N–H and O–H groups in total. The zero-order valence-corrected chi connectivity index (χ0v) is 14.7. The Morgan fingerprint density at radius 1 is 1.04 bits per heavy atom. The second-order valence-corrected chi connectivity index (χ2v) is 6.62. The van der Waals surface area contributed by atoms with E-state index in [2.05, 4.69) is 20.8 Å². The SMILES string of the molecule is CCC(C)C(=O)Oc1ccc2ccc(OC(C)(C)CC)cc2c1. The molecule has 0 aromatic heterocycles. The molecule has 0 aliphatic rings. The van der Waals surface area contributed by atoms with Crippen molar-refractivity contribution in [2.75, 3.05) is 0 Å². The van der Waals surface area contributed by atoms with Crippen molar-refractivity contribution in [2.45, 2.75) is 53.1 Å². The fraction of sp³-hybridized carbons (Fsp3) is 0.450. The molecule has 0 amide bonds. The fourth-order valence-corrected chi connectivity index (χ4v) is 2.10. The quantitative estimate of drug-likeness (QED) is 0.532. The summed E-state index contributed by atoms with van der Waals surface area (Å²) >= 11 is 0. The number of carbonyl (C=O) groups excluding carboxylic acids is 1. The van der Waals surface area contributed by atoms with Crippen LogP contribution in [0.15, 0.2) is 36.4 Å². The summed E-state index contributed by atoms with van der Waals surface area (Å²) in [5.74, 6) is 1.13. The first kappa shape index (κ1) is 17.3. The van der Waals surface area contributed by atoms with Crippen LogP contribution in [-0.4, -0.2) is 11.6 Å². The molecule has 0 spiro atoms. The van der Waals surface area contributed by atoms with E-state index in [4.69, 9.17) is 9.47 Å². The van der Waals surface area contributed by atoms with Gasteiger partial charge in [-0.15, -0.1) is 0 Å². The van der Waals surface area contributed by atoms with Gasteiger partial charge < -0.3 is 9.47 Å². The monoisotopic (exact) mass is 314 g/mol. The molecule has 3 heteroatoms. The molecule has 0 aliphatic heterocycles. The third-order valence-electron chi connectivity index (χ3n) is 4.26. The summed E-state index contributed by atoms with van der Waals surface area (Å²) in [4.78, 5) is 11.9. The van der Waals surface area contributed by atoms with Gasteiger partial charge in [0, 0.05) is 0 Å². The Balaban J connectivity index is 2.25. The third-order valence-corrected chi connectivity index (χ3v) is 4.26. The van der Waals surface area contributed by atoms with Crippen molar-refractivity contribution in [3.8, 4) is 11.5 Å². The van der Waals surface area contributed by atoms with Gasteiger partial charge in [-0.2, -0.15) is 0 Å². The molecule has 124 valence electrons. The minimum atomic E-state index is -0.200. The lowest BCUT2D eigenvalue weighted by atomic mass is 10.1. The molecular formula is C20H26O3. The van der Waals surface area contributed by atoms with Crippen LogP contribution in [0.1, 0.15) is 47.5 Å². The van der Waals surface area contributed by atoms with Crippen molar-refractivity contribution in [3.63, 3.8) is 0 Å². The number of carbonyl (C=O) groups is 1. The van der Waals surface area contributed by atoms with E-state index in [1.54, 1.807) is 0 Å². The van der Waals surface area contributed by atoms with Crippen LogP contribution < -0.4 is 9.47 Å². The van der Waals surface area contributed by atoms with Crippen molar-refractivity contribution < 1.29 is 14.3 Å². The molecule has 0 saturated carbocycles. The van der Waals surface area contributed by atoms with Crippen LogP contribution in [0.2, 0.25) is 0 Å². The molecule has 3 nitrogen and oxygen atoms in total. The number of ether oxygens (including phenoxy) is 2. The van der Waals surface area contributed by atoms with Crippen molar-refractivity contribution in [2.24, 2.45) is 5.92 Å². The van der Waals surface area contributed by atoms with Crippen LogP contribution >= 0.6 is 0 Å². The first-order valence-corrected chi connectivity index (χ1v) is 8.29. The Bertz CT molecular complexity index is 688. The number of esters is 1. The van der Waals surface area contributed by atoms with Gasteiger partial charge in [0.1, 0.15) is 17.1 Å². The van der Waals surface area contributed by atoms with Crippen LogP contribution in [0.3, 0.4) is 0 Å². The van der Waals surface area contributed by atoms with Crippen LogP contribution in [-0.2, 0) is 4.79 Å². The van der Waals surface area contributed by atoms with E-state index >= 15 is 0 Å². The van der Waals surface area contributed by atoms with Crippen LogP contribution in [0.5, 0.6) is 11.5 Å². The van der Waals surface area contributed by atoms with E-state index in [0.29, 0.717) is 5.75 Å². The number of fused-ring (bicyclic) bond motifs is 1. The Hall–Kier alpha value is -2.03. The summed E-state index contributed by atoms with van der Waals surface area (Å²) < 4.78 is 11.5. The predicted molar refractivity (Wildman–Crippen MR) is 94.0 cm³/mol. The molecule has 0 bridgehead atoms. The van der Waals surface area contributed by atoms with Gasteiger partial charge in [-0.25, -0.2) is 0 Å². The molecule has 1 atom stereocenters. The molecule has 2 aromatic carbocycles. The highest BCUT2D eigenvalue weighted by Gasteiger charge is 2.17. The Kier molecular flexibility index (Phi) is 5.30. The first-order valence-electron chi connectivity index (χ1n) is 8.29. The summed E-state index contributed by atoms with van der Waals surface area (Å²) in [6, 6.07) is 11.7. The smallest absolute Gasteiger partial charge is 0.314 e. The highest BCUT2D eigenvalue weighted by Crippen LogP contribution is 2.28. The topological polar surface area (TPSA) is 35.5 Å². The minimum absolute atomic E-state index is 0.0919. The van der Waals surface area contributed by atoms with Gasteiger partial charge in [0.25, 0.3) is 0 Å². The predicted octanol–water partition coefficient (Wildman–Crippen LogP) is 5.36. The van der Waals surface area contributed by atoms with Crippen molar-refractivity contribution in [1.29, 1.82) is 0 Å². The fourth-order valence-electron chi connectivity index (χ4n) is 2.10. The molecule has 0 fully saturated rings. The van der Waals surface area contributed by atoms with E-state index in [-0.39, 0.29) is 17.5 Å². The number of rotatable bonds is 6.